The van der Waals surface area contributed by atoms with Crippen LogP contribution in [-0.4, -0.2) is 16.9 Å². The number of aliphatic carboxylic acids is 1. The molecule has 1 saturated carbocycles. The van der Waals surface area contributed by atoms with E-state index in [0.717, 1.165) is 5.76 Å². The van der Waals surface area contributed by atoms with E-state index in [1.807, 2.05) is 0 Å². The molecule has 0 unspecified atom stereocenters. The lowest BCUT2D eigenvalue weighted by atomic mass is 9.79. The minimum absolute atomic E-state index is 0.0157. The Hall–Kier alpha value is -1.58. The van der Waals surface area contributed by atoms with Crippen LogP contribution >= 0.6 is 0 Å². The maximum atomic E-state index is 12.0. The zero-order valence-corrected chi connectivity index (χ0v) is 9.81. The first-order valence-electron chi connectivity index (χ1n) is 5.91. The summed E-state index contributed by atoms with van der Waals surface area (Å²) in [5.74, 6) is 0.0501. The standard InChI is InChI=1S/C13H16O4/c1-8-2-7-11(17-8)12(14)9-3-5-10(6-4-9)13(15)16/h2,7,9-10H,3-6H2,1H3,(H,15,16). The third kappa shape index (κ3) is 2.57. The average Bonchev–Trinajstić information content (AvgIpc) is 2.75. The van der Waals surface area contributed by atoms with Gasteiger partial charge in [0.2, 0.25) is 5.78 Å². The number of carboxylic acids is 1. The number of carbonyl (C=O) groups is 2. The van der Waals surface area contributed by atoms with E-state index in [9.17, 15) is 9.59 Å². The predicted octanol–water partition coefficient (Wildman–Crippen LogP) is 2.66. The van der Waals surface area contributed by atoms with Gasteiger partial charge in [0, 0.05) is 5.92 Å². The van der Waals surface area contributed by atoms with Gasteiger partial charge in [-0.05, 0) is 44.7 Å². The topological polar surface area (TPSA) is 67.5 Å². The van der Waals surface area contributed by atoms with E-state index in [-0.39, 0.29) is 17.6 Å². The first-order chi connectivity index (χ1) is 8.08. The summed E-state index contributed by atoms with van der Waals surface area (Å²) in [6.07, 6.45) is 2.47. The normalized spacial score (nSPS) is 24.5. The fourth-order valence-corrected chi connectivity index (χ4v) is 2.37. The third-order valence-electron chi connectivity index (χ3n) is 3.43. The number of aryl methyl sites for hydroxylation is 1. The van der Waals surface area contributed by atoms with E-state index in [2.05, 4.69) is 0 Å². The van der Waals surface area contributed by atoms with Crippen LogP contribution in [0.15, 0.2) is 16.5 Å². The molecule has 1 fully saturated rings. The molecule has 0 atom stereocenters. The number of furan rings is 1. The Morgan fingerprint density at radius 3 is 2.24 bits per heavy atom. The first kappa shape index (κ1) is 11.9. The van der Waals surface area contributed by atoms with Crippen molar-refractivity contribution in [3.05, 3.63) is 23.7 Å². The van der Waals surface area contributed by atoms with E-state index >= 15 is 0 Å². The Morgan fingerprint density at radius 2 is 1.76 bits per heavy atom. The summed E-state index contributed by atoms with van der Waals surface area (Å²) in [5.41, 5.74) is 0. The quantitative estimate of drug-likeness (QED) is 0.819. The molecule has 17 heavy (non-hydrogen) atoms. The average molecular weight is 236 g/mol. The molecular weight excluding hydrogens is 220 g/mol. The van der Waals surface area contributed by atoms with Crippen molar-refractivity contribution >= 4 is 11.8 Å². The van der Waals surface area contributed by atoms with Gasteiger partial charge in [-0.25, -0.2) is 0 Å². The van der Waals surface area contributed by atoms with Gasteiger partial charge in [0.1, 0.15) is 5.76 Å². The third-order valence-corrected chi connectivity index (χ3v) is 3.43. The highest BCUT2D eigenvalue weighted by atomic mass is 16.4. The molecule has 1 aliphatic carbocycles. The van der Waals surface area contributed by atoms with E-state index < -0.39 is 5.97 Å². The Kier molecular flexibility index (Phi) is 3.31. The van der Waals surface area contributed by atoms with Crippen LogP contribution in [0.25, 0.3) is 0 Å². The van der Waals surface area contributed by atoms with Crippen molar-refractivity contribution in [2.75, 3.05) is 0 Å². The van der Waals surface area contributed by atoms with Crippen LogP contribution in [-0.2, 0) is 4.79 Å². The van der Waals surface area contributed by atoms with E-state index in [0.29, 0.717) is 31.4 Å². The molecular formula is C13H16O4. The maximum absolute atomic E-state index is 12.0. The van der Waals surface area contributed by atoms with Gasteiger partial charge in [0.15, 0.2) is 5.76 Å². The highest BCUT2D eigenvalue weighted by Crippen LogP contribution is 2.31. The van der Waals surface area contributed by atoms with Gasteiger partial charge in [-0.3, -0.25) is 9.59 Å². The smallest absolute Gasteiger partial charge is 0.306 e. The molecule has 0 saturated heterocycles. The predicted molar refractivity (Wildman–Crippen MR) is 60.9 cm³/mol. The molecule has 1 heterocycles. The summed E-state index contributed by atoms with van der Waals surface area (Å²) in [4.78, 5) is 22.8. The second kappa shape index (κ2) is 4.73. The van der Waals surface area contributed by atoms with Crippen molar-refractivity contribution in [3.63, 3.8) is 0 Å². The number of Topliss-reactive ketones (excluding diaryl/α,β-unsaturated/α-hetero) is 1. The number of rotatable bonds is 3. The van der Waals surface area contributed by atoms with Gasteiger partial charge < -0.3 is 9.52 Å². The first-order valence-corrected chi connectivity index (χ1v) is 5.91. The van der Waals surface area contributed by atoms with Gasteiger partial charge >= 0.3 is 5.97 Å². The minimum atomic E-state index is -0.746. The van der Waals surface area contributed by atoms with E-state index in [4.69, 9.17) is 9.52 Å². The Labute approximate surface area is 99.6 Å². The molecule has 0 amide bonds. The highest BCUT2D eigenvalue weighted by Gasteiger charge is 2.31. The molecule has 4 nitrogen and oxygen atoms in total. The Morgan fingerprint density at radius 1 is 1.18 bits per heavy atom. The van der Waals surface area contributed by atoms with Crippen molar-refractivity contribution in [2.24, 2.45) is 11.8 Å². The number of hydrogen-bond acceptors (Lipinski definition) is 3. The van der Waals surface area contributed by atoms with Crippen LogP contribution in [0.4, 0.5) is 0 Å². The summed E-state index contributed by atoms with van der Waals surface area (Å²) < 4.78 is 5.31. The fourth-order valence-electron chi connectivity index (χ4n) is 2.37. The lowest BCUT2D eigenvalue weighted by molar-refractivity contribution is -0.143. The fraction of sp³-hybridized carbons (Fsp3) is 0.538. The molecule has 0 bridgehead atoms. The molecule has 0 aromatic carbocycles. The maximum Gasteiger partial charge on any atom is 0.306 e. The van der Waals surface area contributed by atoms with Crippen molar-refractivity contribution in [2.45, 2.75) is 32.6 Å². The van der Waals surface area contributed by atoms with Crippen LogP contribution < -0.4 is 0 Å². The largest absolute Gasteiger partial charge is 0.481 e. The van der Waals surface area contributed by atoms with Crippen LogP contribution in [0.5, 0.6) is 0 Å². The molecule has 1 N–H and O–H groups in total. The lowest BCUT2D eigenvalue weighted by Crippen LogP contribution is -2.25. The molecule has 2 rings (SSSR count). The van der Waals surface area contributed by atoms with Crippen LogP contribution in [0.1, 0.15) is 42.0 Å². The minimum Gasteiger partial charge on any atom is -0.481 e. The summed E-state index contributed by atoms with van der Waals surface area (Å²) in [7, 11) is 0. The molecule has 92 valence electrons. The number of hydrogen-bond donors (Lipinski definition) is 1. The lowest BCUT2D eigenvalue weighted by Gasteiger charge is -2.24. The monoisotopic (exact) mass is 236 g/mol. The van der Waals surface area contributed by atoms with E-state index in [1.54, 1.807) is 19.1 Å². The van der Waals surface area contributed by atoms with Gasteiger partial charge in [-0.2, -0.15) is 0 Å². The van der Waals surface area contributed by atoms with E-state index in [1.165, 1.54) is 0 Å². The molecule has 0 spiro atoms. The van der Waals surface area contributed by atoms with Crippen molar-refractivity contribution in [1.82, 2.24) is 0 Å². The molecule has 0 radical (unpaired) electrons. The Balaban J connectivity index is 1.97. The van der Waals surface area contributed by atoms with Crippen LogP contribution in [0.2, 0.25) is 0 Å². The van der Waals surface area contributed by atoms with Gasteiger partial charge in [0.25, 0.3) is 0 Å². The van der Waals surface area contributed by atoms with Crippen molar-refractivity contribution in [1.29, 1.82) is 0 Å². The van der Waals surface area contributed by atoms with Gasteiger partial charge in [-0.1, -0.05) is 0 Å². The summed E-state index contributed by atoms with van der Waals surface area (Å²) in [6.45, 7) is 1.80. The SMILES string of the molecule is Cc1ccc(C(=O)C2CCC(C(=O)O)CC2)o1. The highest BCUT2D eigenvalue weighted by molar-refractivity contribution is 5.95. The van der Waals surface area contributed by atoms with Gasteiger partial charge in [-0.15, -0.1) is 0 Å². The number of ketones is 1. The summed E-state index contributed by atoms with van der Waals surface area (Å²) in [6, 6.07) is 3.47. The number of carboxylic acid groups (broad SMARTS) is 1. The van der Waals surface area contributed by atoms with Crippen molar-refractivity contribution in [3.8, 4) is 0 Å². The van der Waals surface area contributed by atoms with Crippen molar-refractivity contribution < 1.29 is 19.1 Å². The molecule has 1 aliphatic rings. The zero-order valence-electron chi connectivity index (χ0n) is 9.81. The number of carbonyl (C=O) groups excluding carboxylic acids is 1. The molecule has 1 aromatic rings. The molecule has 0 aliphatic heterocycles. The molecule has 1 aromatic heterocycles. The molecule has 4 heteroatoms. The summed E-state index contributed by atoms with van der Waals surface area (Å²) in [5, 5.41) is 8.88. The van der Waals surface area contributed by atoms with Gasteiger partial charge in [0.05, 0.1) is 5.92 Å². The zero-order chi connectivity index (χ0) is 12.4. The van der Waals surface area contributed by atoms with Crippen LogP contribution in [0, 0.1) is 18.8 Å². The Bertz CT molecular complexity index is 424. The second-order valence-electron chi connectivity index (χ2n) is 4.66. The van der Waals surface area contributed by atoms with Crippen LogP contribution in [0.3, 0.4) is 0 Å². The second-order valence-corrected chi connectivity index (χ2v) is 4.66. The summed E-state index contributed by atoms with van der Waals surface area (Å²) >= 11 is 0.